The van der Waals surface area contributed by atoms with Crippen LogP contribution < -0.4 is 4.74 Å². The summed E-state index contributed by atoms with van der Waals surface area (Å²) in [5, 5.41) is 8.58. The number of hydrogen-bond acceptors (Lipinski definition) is 4. The van der Waals surface area contributed by atoms with E-state index in [-0.39, 0.29) is 11.6 Å². The van der Waals surface area contributed by atoms with Gasteiger partial charge in [-0.2, -0.15) is 18.4 Å². The van der Waals surface area contributed by atoms with Crippen molar-refractivity contribution in [2.75, 3.05) is 0 Å². The molecule has 0 atom stereocenters. The number of hydrogen-bond donors (Lipinski definition) is 0. The molecule has 19 heavy (non-hydrogen) atoms. The van der Waals surface area contributed by atoms with Crippen LogP contribution in [0.1, 0.15) is 11.1 Å². The van der Waals surface area contributed by atoms with Gasteiger partial charge in [-0.25, -0.2) is 4.98 Å². The van der Waals surface area contributed by atoms with E-state index in [1.54, 1.807) is 0 Å². The Morgan fingerprint density at radius 3 is 2.53 bits per heavy atom. The second-order valence-corrected chi connectivity index (χ2v) is 3.51. The van der Waals surface area contributed by atoms with Gasteiger partial charge in [-0.05, 0) is 12.1 Å². The number of nitrogens with zero attached hydrogens (tertiary/aromatic N) is 3. The molecule has 0 aliphatic carbocycles. The molecule has 0 radical (unpaired) electrons. The van der Waals surface area contributed by atoms with Gasteiger partial charge >= 0.3 is 6.18 Å². The summed E-state index contributed by atoms with van der Waals surface area (Å²) >= 11 is 0. The maximum absolute atomic E-state index is 12.5. The molecule has 2 aromatic rings. The Bertz CT molecular complexity index is 617. The molecule has 0 saturated carbocycles. The van der Waals surface area contributed by atoms with Gasteiger partial charge in [0.1, 0.15) is 11.8 Å². The van der Waals surface area contributed by atoms with Crippen LogP contribution in [0.25, 0.3) is 0 Å². The van der Waals surface area contributed by atoms with Gasteiger partial charge in [0, 0.05) is 18.5 Å². The second kappa shape index (κ2) is 4.94. The standard InChI is InChI=1S/C12H6F3N3O/c13-12(14,15)9-3-10(7-17-6-9)19-11-2-1-8(4-16)5-18-11/h1-3,5-7H. The SMILES string of the molecule is N#Cc1ccc(Oc2cncc(C(F)(F)F)c2)nc1. The highest BCUT2D eigenvalue weighted by atomic mass is 19.4. The van der Waals surface area contributed by atoms with Crippen LogP contribution in [0.4, 0.5) is 13.2 Å². The third-order valence-electron chi connectivity index (χ3n) is 2.13. The molecule has 0 unspecified atom stereocenters. The molecule has 0 amide bonds. The van der Waals surface area contributed by atoms with Crippen LogP contribution >= 0.6 is 0 Å². The van der Waals surface area contributed by atoms with Crippen molar-refractivity contribution in [2.45, 2.75) is 6.18 Å². The average molecular weight is 265 g/mol. The van der Waals surface area contributed by atoms with Gasteiger partial charge in [-0.1, -0.05) is 0 Å². The minimum Gasteiger partial charge on any atom is -0.437 e. The molecule has 7 heteroatoms. The summed E-state index contributed by atoms with van der Waals surface area (Å²) in [6, 6.07) is 5.53. The fourth-order valence-electron chi connectivity index (χ4n) is 1.26. The summed E-state index contributed by atoms with van der Waals surface area (Å²) in [6.45, 7) is 0. The van der Waals surface area contributed by atoms with E-state index < -0.39 is 11.7 Å². The molecule has 0 bridgehead atoms. The largest absolute Gasteiger partial charge is 0.437 e. The minimum absolute atomic E-state index is 0.0768. The van der Waals surface area contributed by atoms with Gasteiger partial charge in [-0.15, -0.1) is 0 Å². The molecule has 0 saturated heterocycles. The van der Waals surface area contributed by atoms with Crippen LogP contribution in [0.2, 0.25) is 0 Å². The third-order valence-corrected chi connectivity index (χ3v) is 2.13. The van der Waals surface area contributed by atoms with E-state index in [2.05, 4.69) is 9.97 Å². The van der Waals surface area contributed by atoms with Crippen LogP contribution in [0, 0.1) is 11.3 Å². The number of pyridine rings is 2. The van der Waals surface area contributed by atoms with Gasteiger partial charge in [0.05, 0.1) is 17.3 Å². The lowest BCUT2D eigenvalue weighted by molar-refractivity contribution is -0.137. The van der Waals surface area contributed by atoms with E-state index in [0.717, 1.165) is 12.3 Å². The first-order valence-corrected chi connectivity index (χ1v) is 5.05. The number of halogens is 3. The molecule has 0 spiro atoms. The van der Waals surface area contributed by atoms with Crippen molar-refractivity contribution in [3.8, 4) is 17.7 Å². The smallest absolute Gasteiger partial charge is 0.418 e. The van der Waals surface area contributed by atoms with Crippen molar-refractivity contribution >= 4 is 0 Å². The van der Waals surface area contributed by atoms with Gasteiger partial charge in [-0.3, -0.25) is 4.98 Å². The van der Waals surface area contributed by atoms with Crippen molar-refractivity contribution in [3.05, 3.63) is 47.9 Å². The Morgan fingerprint density at radius 1 is 1.16 bits per heavy atom. The van der Waals surface area contributed by atoms with E-state index in [0.29, 0.717) is 11.8 Å². The van der Waals surface area contributed by atoms with Gasteiger partial charge in [0.25, 0.3) is 0 Å². The molecule has 2 heterocycles. The summed E-state index contributed by atoms with van der Waals surface area (Å²) in [7, 11) is 0. The Kier molecular flexibility index (Phi) is 3.33. The summed E-state index contributed by atoms with van der Waals surface area (Å²) < 4.78 is 42.5. The zero-order valence-electron chi connectivity index (χ0n) is 9.35. The number of aromatic nitrogens is 2. The van der Waals surface area contributed by atoms with Gasteiger partial charge < -0.3 is 4.74 Å². The first kappa shape index (κ1) is 12.8. The first-order valence-electron chi connectivity index (χ1n) is 5.05. The Hall–Kier alpha value is -2.62. The molecule has 0 fully saturated rings. The van der Waals surface area contributed by atoms with Crippen LogP contribution in [-0.4, -0.2) is 9.97 Å². The molecule has 0 aliphatic heterocycles. The van der Waals surface area contributed by atoms with E-state index in [1.807, 2.05) is 6.07 Å². The van der Waals surface area contributed by atoms with Crippen molar-refractivity contribution in [3.63, 3.8) is 0 Å². The molecule has 2 rings (SSSR count). The average Bonchev–Trinajstić information content (AvgIpc) is 2.39. The molecule has 2 aromatic heterocycles. The fourth-order valence-corrected chi connectivity index (χ4v) is 1.26. The number of alkyl halides is 3. The zero-order chi connectivity index (χ0) is 13.9. The number of rotatable bonds is 2. The number of nitriles is 1. The van der Waals surface area contributed by atoms with E-state index in [4.69, 9.17) is 10.00 Å². The summed E-state index contributed by atoms with van der Waals surface area (Å²) in [6.07, 6.45) is -1.37. The normalized spacial score (nSPS) is 10.8. The molecular weight excluding hydrogens is 259 g/mol. The molecular formula is C12H6F3N3O. The highest BCUT2D eigenvalue weighted by molar-refractivity contribution is 5.32. The molecule has 96 valence electrons. The second-order valence-electron chi connectivity index (χ2n) is 3.51. The molecule has 0 aliphatic rings. The highest BCUT2D eigenvalue weighted by Gasteiger charge is 2.31. The van der Waals surface area contributed by atoms with E-state index >= 15 is 0 Å². The Morgan fingerprint density at radius 2 is 1.95 bits per heavy atom. The van der Waals surface area contributed by atoms with E-state index in [1.165, 1.54) is 18.3 Å². The zero-order valence-corrected chi connectivity index (χ0v) is 9.35. The summed E-state index contributed by atoms with van der Waals surface area (Å²) in [5.41, 5.74) is -0.576. The molecule has 0 N–H and O–H groups in total. The molecule has 0 aromatic carbocycles. The predicted molar refractivity (Wildman–Crippen MR) is 58.3 cm³/mol. The number of ether oxygens (including phenoxy) is 1. The van der Waals surface area contributed by atoms with Crippen LogP contribution in [0.15, 0.2) is 36.8 Å². The van der Waals surface area contributed by atoms with Crippen molar-refractivity contribution in [1.29, 1.82) is 5.26 Å². The predicted octanol–water partition coefficient (Wildman–Crippen LogP) is 3.16. The lowest BCUT2D eigenvalue weighted by Crippen LogP contribution is -2.05. The van der Waals surface area contributed by atoms with Crippen molar-refractivity contribution in [2.24, 2.45) is 0 Å². The fraction of sp³-hybridized carbons (Fsp3) is 0.0833. The summed E-state index contributed by atoms with van der Waals surface area (Å²) in [4.78, 5) is 7.24. The monoisotopic (exact) mass is 265 g/mol. The highest BCUT2D eigenvalue weighted by Crippen LogP contribution is 2.31. The topological polar surface area (TPSA) is 58.8 Å². The van der Waals surface area contributed by atoms with Crippen LogP contribution in [0.3, 0.4) is 0 Å². The van der Waals surface area contributed by atoms with Crippen molar-refractivity contribution < 1.29 is 17.9 Å². The first-order chi connectivity index (χ1) is 8.99. The Balaban J connectivity index is 2.21. The van der Waals surface area contributed by atoms with Crippen molar-refractivity contribution in [1.82, 2.24) is 9.97 Å². The Labute approximate surface area is 106 Å². The molecule has 4 nitrogen and oxygen atoms in total. The maximum Gasteiger partial charge on any atom is 0.418 e. The lowest BCUT2D eigenvalue weighted by Gasteiger charge is -2.08. The van der Waals surface area contributed by atoms with Gasteiger partial charge in [0.15, 0.2) is 0 Å². The maximum atomic E-state index is 12.5. The minimum atomic E-state index is -4.48. The summed E-state index contributed by atoms with van der Waals surface area (Å²) in [5.74, 6) is 0.00663. The van der Waals surface area contributed by atoms with E-state index in [9.17, 15) is 13.2 Å². The van der Waals surface area contributed by atoms with Crippen LogP contribution in [0.5, 0.6) is 11.6 Å². The van der Waals surface area contributed by atoms with Gasteiger partial charge in [0.2, 0.25) is 5.88 Å². The third kappa shape index (κ3) is 3.19. The quantitative estimate of drug-likeness (QED) is 0.836. The van der Waals surface area contributed by atoms with Crippen LogP contribution in [-0.2, 0) is 6.18 Å². The lowest BCUT2D eigenvalue weighted by atomic mass is 10.3.